The minimum absolute atomic E-state index is 0.603. The van der Waals surface area contributed by atoms with E-state index >= 15 is 0 Å². The molecule has 0 aliphatic heterocycles. The highest BCUT2D eigenvalue weighted by atomic mass is 16.5. The summed E-state index contributed by atoms with van der Waals surface area (Å²) in [6, 6.07) is 11.5. The standard InChI is InChI=1S/C16H17N3O2/c1-10-5-4-6-14-18-15(16(17)19(10)14)12-8-7-11(20-2)9-13(12)21-3/h4-9H,17H2,1-3H3. The molecule has 2 heterocycles. The van der Waals surface area contributed by atoms with Crippen LogP contribution < -0.4 is 15.2 Å². The Morgan fingerprint density at radius 3 is 2.57 bits per heavy atom. The number of aromatic nitrogens is 2. The van der Waals surface area contributed by atoms with Crippen LogP contribution in [0.3, 0.4) is 0 Å². The fourth-order valence-electron chi connectivity index (χ4n) is 2.47. The van der Waals surface area contributed by atoms with Crippen LogP contribution in [0.15, 0.2) is 36.4 Å². The first-order chi connectivity index (χ1) is 10.2. The van der Waals surface area contributed by atoms with Gasteiger partial charge in [0.15, 0.2) is 0 Å². The molecule has 0 bridgehead atoms. The van der Waals surface area contributed by atoms with Gasteiger partial charge in [-0.05, 0) is 31.2 Å². The van der Waals surface area contributed by atoms with E-state index in [9.17, 15) is 0 Å². The number of rotatable bonds is 3. The first kappa shape index (κ1) is 13.3. The number of nitrogens with two attached hydrogens (primary N) is 1. The summed E-state index contributed by atoms with van der Waals surface area (Å²) in [5.41, 5.74) is 9.70. The van der Waals surface area contributed by atoms with E-state index in [-0.39, 0.29) is 0 Å². The van der Waals surface area contributed by atoms with Gasteiger partial charge < -0.3 is 15.2 Å². The van der Waals surface area contributed by atoms with Crippen LogP contribution in [0.4, 0.5) is 5.82 Å². The maximum Gasteiger partial charge on any atom is 0.139 e. The first-order valence-corrected chi connectivity index (χ1v) is 6.61. The van der Waals surface area contributed by atoms with Gasteiger partial charge in [-0.1, -0.05) is 6.07 Å². The number of imidazole rings is 1. The highest BCUT2D eigenvalue weighted by molar-refractivity contribution is 5.79. The average Bonchev–Trinajstić information content (AvgIpc) is 2.84. The van der Waals surface area contributed by atoms with Crippen molar-refractivity contribution in [1.82, 2.24) is 9.38 Å². The van der Waals surface area contributed by atoms with Crippen molar-refractivity contribution in [2.24, 2.45) is 0 Å². The number of hydrogen-bond donors (Lipinski definition) is 1. The number of ether oxygens (including phenoxy) is 2. The van der Waals surface area contributed by atoms with Crippen LogP contribution in [0.25, 0.3) is 16.9 Å². The molecule has 3 rings (SSSR count). The Hall–Kier alpha value is -2.69. The van der Waals surface area contributed by atoms with Crippen molar-refractivity contribution in [3.8, 4) is 22.8 Å². The van der Waals surface area contributed by atoms with Gasteiger partial charge in [0.1, 0.15) is 28.7 Å². The molecule has 0 radical (unpaired) electrons. The van der Waals surface area contributed by atoms with Crippen molar-refractivity contribution in [2.45, 2.75) is 6.92 Å². The molecule has 0 fully saturated rings. The third kappa shape index (κ3) is 2.07. The van der Waals surface area contributed by atoms with E-state index in [2.05, 4.69) is 4.98 Å². The van der Waals surface area contributed by atoms with Crippen molar-refractivity contribution < 1.29 is 9.47 Å². The summed E-state index contributed by atoms with van der Waals surface area (Å²) in [6.07, 6.45) is 0. The van der Waals surface area contributed by atoms with Gasteiger partial charge in [0.05, 0.1) is 14.2 Å². The van der Waals surface area contributed by atoms with E-state index in [1.165, 1.54) is 0 Å². The monoisotopic (exact) mass is 283 g/mol. The summed E-state index contributed by atoms with van der Waals surface area (Å²) in [5.74, 6) is 2.02. The smallest absolute Gasteiger partial charge is 0.139 e. The zero-order valence-corrected chi connectivity index (χ0v) is 12.3. The number of nitrogens with zero attached hydrogens (tertiary/aromatic N) is 2. The molecule has 2 aromatic heterocycles. The molecule has 0 saturated carbocycles. The first-order valence-electron chi connectivity index (χ1n) is 6.61. The fraction of sp³-hybridized carbons (Fsp3) is 0.188. The van der Waals surface area contributed by atoms with E-state index in [0.717, 1.165) is 22.7 Å². The predicted octanol–water partition coefficient (Wildman–Crippen LogP) is 2.91. The van der Waals surface area contributed by atoms with Gasteiger partial charge in [-0.3, -0.25) is 4.40 Å². The Bertz CT molecular complexity index is 809. The Kier molecular flexibility index (Phi) is 3.17. The fourth-order valence-corrected chi connectivity index (χ4v) is 2.47. The number of anilines is 1. The molecule has 2 N–H and O–H groups in total. The minimum atomic E-state index is 0.603. The second-order valence-corrected chi connectivity index (χ2v) is 4.77. The molecule has 0 atom stereocenters. The molecule has 0 saturated heterocycles. The second kappa shape index (κ2) is 5.01. The highest BCUT2D eigenvalue weighted by Crippen LogP contribution is 2.36. The van der Waals surface area contributed by atoms with Crippen LogP contribution in [-0.2, 0) is 0 Å². The van der Waals surface area contributed by atoms with Crippen molar-refractivity contribution in [2.75, 3.05) is 20.0 Å². The minimum Gasteiger partial charge on any atom is -0.497 e. The summed E-state index contributed by atoms with van der Waals surface area (Å²) >= 11 is 0. The molecule has 108 valence electrons. The van der Waals surface area contributed by atoms with E-state index in [1.54, 1.807) is 14.2 Å². The molecule has 0 spiro atoms. The number of hydrogen-bond acceptors (Lipinski definition) is 4. The lowest BCUT2D eigenvalue weighted by molar-refractivity contribution is 0.395. The summed E-state index contributed by atoms with van der Waals surface area (Å²) in [5, 5.41) is 0. The second-order valence-electron chi connectivity index (χ2n) is 4.77. The zero-order chi connectivity index (χ0) is 15.0. The van der Waals surface area contributed by atoms with Crippen LogP contribution in [0.2, 0.25) is 0 Å². The van der Waals surface area contributed by atoms with Crippen molar-refractivity contribution >= 4 is 11.5 Å². The van der Waals surface area contributed by atoms with Crippen LogP contribution >= 0.6 is 0 Å². The highest BCUT2D eigenvalue weighted by Gasteiger charge is 2.16. The normalized spacial score (nSPS) is 10.8. The molecule has 0 amide bonds. The Morgan fingerprint density at radius 1 is 1.10 bits per heavy atom. The van der Waals surface area contributed by atoms with Crippen molar-refractivity contribution in [3.05, 3.63) is 42.1 Å². The topological polar surface area (TPSA) is 61.8 Å². The number of fused-ring (bicyclic) bond motifs is 1. The average molecular weight is 283 g/mol. The Labute approximate surface area is 122 Å². The van der Waals surface area contributed by atoms with Gasteiger partial charge in [0.25, 0.3) is 0 Å². The number of benzene rings is 1. The molecule has 0 aliphatic carbocycles. The lowest BCUT2D eigenvalue weighted by atomic mass is 10.1. The van der Waals surface area contributed by atoms with Gasteiger partial charge in [0, 0.05) is 17.3 Å². The van der Waals surface area contributed by atoms with Crippen molar-refractivity contribution in [3.63, 3.8) is 0 Å². The summed E-state index contributed by atoms with van der Waals surface area (Å²) < 4.78 is 12.6. The quantitative estimate of drug-likeness (QED) is 0.803. The number of methoxy groups -OCH3 is 2. The lowest BCUT2D eigenvalue weighted by Crippen LogP contribution is -1.98. The maximum absolute atomic E-state index is 6.28. The molecule has 3 aromatic rings. The van der Waals surface area contributed by atoms with Gasteiger partial charge >= 0.3 is 0 Å². The summed E-state index contributed by atoms with van der Waals surface area (Å²) in [4.78, 5) is 4.62. The molecule has 5 heteroatoms. The van der Waals surface area contributed by atoms with Crippen LogP contribution in [0.1, 0.15) is 5.69 Å². The van der Waals surface area contributed by atoms with E-state index in [4.69, 9.17) is 15.2 Å². The van der Waals surface area contributed by atoms with Crippen LogP contribution in [0.5, 0.6) is 11.5 Å². The Morgan fingerprint density at radius 2 is 1.90 bits per heavy atom. The summed E-state index contributed by atoms with van der Waals surface area (Å²) in [6.45, 7) is 2.00. The van der Waals surface area contributed by atoms with Crippen molar-refractivity contribution in [1.29, 1.82) is 0 Å². The molecule has 0 unspecified atom stereocenters. The molecular formula is C16H17N3O2. The summed E-state index contributed by atoms with van der Waals surface area (Å²) in [7, 11) is 3.24. The Balaban J connectivity index is 2.26. The number of aryl methyl sites for hydroxylation is 1. The van der Waals surface area contributed by atoms with Gasteiger partial charge in [-0.15, -0.1) is 0 Å². The van der Waals surface area contributed by atoms with Crippen LogP contribution in [0, 0.1) is 6.92 Å². The van der Waals surface area contributed by atoms with E-state index < -0.39 is 0 Å². The number of pyridine rings is 1. The lowest BCUT2D eigenvalue weighted by Gasteiger charge is -2.09. The SMILES string of the molecule is COc1ccc(-c2nc3cccc(C)n3c2N)c(OC)c1. The van der Waals surface area contributed by atoms with E-state index in [1.807, 2.05) is 47.7 Å². The number of nitrogen functional groups attached to an aromatic ring is 1. The van der Waals surface area contributed by atoms with Gasteiger partial charge in [-0.2, -0.15) is 0 Å². The molecule has 5 nitrogen and oxygen atoms in total. The van der Waals surface area contributed by atoms with Gasteiger partial charge in [-0.25, -0.2) is 4.98 Å². The molecule has 21 heavy (non-hydrogen) atoms. The van der Waals surface area contributed by atoms with Crippen LogP contribution in [-0.4, -0.2) is 23.6 Å². The third-order valence-corrected chi connectivity index (χ3v) is 3.54. The third-order valence-electron chi connectivity index (χ3n) is 3.54. The predicted molar refractivity (Wildman–Crippen MR) is 82.9 cm³/mol. The zero-order valence-electron chi connectivity index (χ0n) is 12.3. The van der Waals surface area contributed by atoms with E-state index in [0.29, 0.717) is 17.3 Å². The largest absolute Gasteiger partial charge is 0.497 e. The molecule has 1 aromatic carbocycles. The van der Waals surface area contributed by atoms with Gasteiger partial charge in [0.2, 0.25) is 0 Å². The maximum atomic E-state index is 6.28. The molecular weight excluding hydrogens is 266 g/mol. The molecule has 0 aliphatic rings.